The highest BCUT2D eigenvalue weighted by Crippen LogP contribution is 2.23. The summed E-state index contributed by atoms with van der Waals surface area (Å²) in [4.78, 5) is 4.62. The van der Waals surface area contributed by atoms with Crippen molar-refractivity contribution in [3.05, 3.63) is 47.9 Å². The molecule has 3 aromatic rings. The summed E-state index contributed by atoms with van der Waals surface area (Å²) in [7, 11) is -1.41. The molecule has 0 saturated heterocycles. The Bertz CT molecular complexity index is 746. The molecule has 0 fully saturated rings. The van der Waals surface area contributed by atoms with Crippen LogP contribution in [0.3, 0.4) is 0 Å². The number of nitrogens with one attached hydrogen (secondary N) is 1. The highest BCUT2D eigenvalue weighted by atomic mass is 35.5. The lowest BCUT2D eigenvalue weighted by atomic mass is 10.2. The molecule has 0 spiro atoms. The van der Waals surface area contributed by atoms with E-state index in [2.05, 4.69) is 19.4 Å². The molecule has 2 heterocycles. The number of rotatable bonds is 3. The molecule has 7 heteroatoms. The average molecular weight is 294 g/mol. The Hall–Kier alpha value is -1.92. The van der Waals surface area contributed by atoms with Crippen LogP contribution in [0.4, 0.5) is 5.82 Å². The summed E-state index contributed by atoms with van der Waals surface area (Å²) in [5.74, 6) is 0.422. The van der Waals surface area contributed by atoms with Gasteiger partial charge in [0.1, 0.15) is 11.4 Å². The summed E-state index contributed by atoms with van der Waals surface area (Å²) in [5, 5.41) is 5.79. The number of nitrogens with zero attached hydrogens (tertiary/aromatic N) is 2. The van der Waals surface area contributed by atoms with Crippen LogP contribution in [0.25, 0.3) is 10.8 Å². The molecule has 5 nitrogen and oxygen atoms in total. The molecule has 1 atom stereocenters. The Balaban J connectivity index is 1.95. The number of halogens is 1. The zero-order valence-electron chi connectivity index (χ0n) is 9.54. The molecule has 96 valence electrons. The van der Waals surface area contributed by atoms with Crippen molar-refractivity contribution in [2.24, 2.45) is 0 Å². The third-order valence-corrected chi connectivity index (χ3v) is 3.91. The highest BCUT2D eigenvalue weighted by Gasteiger charge is 2.08. The van der Waals surface area contributed by atoms with Crippen LogP contribution in [0.2, 0.25) is 5.15 Å². The maximum absolute atomic E-state index is 12.1. The van der Waals surface area contributed by atoms with Gasteiger partial charge in [0.15, 0.2) is 16.8 Å². The van der Waals surface area contributed by atoms with Crippen molar-refractivity contribution >= 4 is 39.2 Å². The van der Waals surface area contributed by atoms with Gasteiger partial charge in [-0.2, -0.15) is 0 Å². The molecule has 1 unspecified atom stereocenters. The number of hydrogen-bond donors (Lipinski definition) is 1. The van der Waals surface area contributed by atoms with Crippen LogP contribution in [-0.4, -0.2) is 14.3 Å². The van der Waals surface area contributed by atoms with Gasteiger partial charge in [-0.3, -0.25) is 4.72 Å². The minimum Gasteiger partial charge on any atom is -0.363 e. The number of pyridine rings is 1. The van der Waals surface area contributed by atoms with Crippen LogP contribution in [0.15, 0.2) is 52.2 Å². The summed E-state index contributed by atoms with van der Waals surface area (Å²) >= 11 is 5.98. The van der Waals surface area contributed by atoms with Crippen LogP contribution in [0, 0.1) is 0 Å². The molecule has 2 aromatic heterocycles. The quantitative estimate of drug-likeness (QED) is 0.754. The Morgan fingerprint density at radius 1 is 1.26 bits per heavy atom. The Labute approximate surface area is 116 Å². The fourth-order valence-corrected chi connectivity index (χ4v) is 2.72. The fourth-order valence-electron chi connectivity index (χ4n) is 1.65. The van der Waals surface area contributed by atoms with Gasteiger partial charge in [0.2, 0.25) is 0 Å². The van der Waals surface area contributed by atoms with Crippen molar-refractivity contribution < 1.29 is 8.73 Å². The summed E-state index contributed by atoms with van der Waals surface area (Å²) in [6.07, 6.45) is 3.02. The average Bonchev–Trinajstić information content (AvgIpc) is 2.91. The third-order valence-electron chi connectivity index (χ3n) is 2.54. The van der Waals surface area contributed by atoms with E-state index < -0.39 is 11.0 Å². The number of fused-ring (bicyclic) bond motifs is 1. The van der Waals surface area contributed by atoms with Crippen molar-refractivity contribution in [1.29, 1.82) is 0 Å². The van der Waals surface area contributed by atoms with E-state index >= 15 is 0 Å². The predicted molar refractivity (Wildman–Crippen MR) is 73.3 cm³/mol. The summed E-state index contributed by atoms with van der Waals surface area (Å²) in [6, 6.07) is 8.74. The molecular weight excluding hydrogens is 286 g/mol. The summed E-state index contributed by atoms with van der Waals surface area (Å²) < 4.78 is 19.5. The first-order valence-electron chi connectivity index (χ1n) is 5.37. The van der Waals surface area contributed by atoms with E-state index in [0.29, 0.717) is 15.9 Å². The topological polar surface area (TPSA) is 68.0 Å². The molecule has 0 radical (unpaired) electrons. The van der Waals surface area contributed by atoms with E-state index in [0.717, 1.165) is 10.8 Å². The largest absolute Gasteiger partial charge is 0.363 e. The maximum Gasteiger partial charge on any atom is 0.181 e. The molecule has 0 aliphatic carbocycles. The zero-order valence-corrected chi connectivity index (χ0v) is 11.1. The van der Waals surface area contributed by atoms with Crippen molar-refractivity contribution in [1.82, 2.24) is 10.1 Å². The summed E-state index contributed by atoms with van der Waals surface area (Å²) in [5.41, 5.74) is 0. The minimum absolute atomic E-state index is 0.422. The van der Waals surface area contributed by atoms with Crippen molar-refractivity contribution in [3.63, 3.8) is 0 Å². The molecule has 0 aliphatic heterocycles. The van der Waals surface area contributed by atoms with Crippen LogP contribution >= 0.6 is 11.6 Å². The Kier molecular flexibility index (Phi) is 3.18. The van der Waals surface area contributed by atoms with Gasteiger partial charge < -0.3 is 4.52 Å². The summed E-state index contributed by atoms with van der Waals surface area (Å²) in [6.45, 7) is 0. The van der Waals surface area contributed by atoms with E-state index in [1.165, 1.54) is 6.26 Å². The lowest BCUT2D eigenvalue weighted by Crippen LogP contribution is -2.04. The second kappa shape index (κ2) is 4.99. The first kappa shape index (κ1) is 12.1. The van der Waals surface area contributed by atoms with Gasteiger partial charge >= 0.3 is 0 Å². The first-order chi connectivity index (χ1) is 9.24. The van der Waals surface area contributed by atoms with Gasteiger partial charge in [-0.15, -0.1) is 0 Å². The molecule has 0 bridgehead atoms. The fraction of sp³-hybridized carbons (Fsp3) is 0. The second-order valence-corrected chi connectivity index (χ2v) is 5.31. The lowest BCUT2D eigenvalue weighted by molar-refractivity contribution is 0.423. The third kappa shape index (κ3) is 2.45. The molecule has 0 saturated carbocycles. The monoisotopic (exact) mass is 293 g/mol. The predicted octanol–water partition coefficient (Wildman–Crippen LogP) is 3.01. The van der Waals surface area contributed by atoms with Crippen molar-refractivity contribution in [2.75, 3.05) is 4.72 Å². The standard InChI is InChI=1S/C12H8ClN3O2S/c13-12-10-2-1-9(7-8(10)3-5-14-12)19(17)16-11-4-6-18-15-11/h1-7H,(H,15,16). The van der Waals surface area contributed by atoms with E-state index in [4.69, 9.17) is 11.6 Å². The highest BCUT2D eigenvalue weighted by molar-refractivity contribution is 7.86. The number of benzene rings is 1. The van der Waals surface area contributed by atoms with Gasteiger partial charge in [0.25, 0.3) is 0 Å². The minimum atomic E-state index is -1.41. The molecule has 19 heavy (non-hydrogen) atoms. The van der Waals surface area contributed by atoms with Crippen LogP contribution in [-0.2, 0) is 11.0 Å². The van der Waals surface area contributed by atoms with Crippen molar-refractivity contribution in [2.45, 2.75) is 4.90 Å². The molecule has 1 N–H and O–H groups in total. The van der Waals surface area contributed by atoms with E-state index in [1.54, 1.807) is 30.5 Å². The number of anilines is 1. The molecule has 1 aromatic carbocycles. The maximum atomic E-state index is 12.1. The van der Waals surface area contributed by atoms with E-state index in [9.17, 15) is 4.21 Å². The normalized spacial score (nSPS) is 12.5. The molecular formula is C12H8ClN3O2S. The molecule has 0 aliphatic rings. The van der Waals surface area contributed by atoms with Gasteiger partial charge in [-0.1, -0.05) is 22.8 Å². The SMILES string of the molecule is O=S(Nc1ccon1)c1ccc2c(Cl)nccc2c1. The van der Waals surface area contributed by atoms with Crippen LogP contribution in [0.1, 0.15) is 0 Å². The van der Waals surface area contributed by atoms with Crippen LogP contribution in [0.5, 0.6) is 0 Å². The Morgan fingerprint density at radius 2 is 2.16 bits per heavy atom. The number of aromatic nitrogens is 2. The van der Waals surface area contributed by atoms with Gasteiger partial charge in [-0.25, -0.2) is 9.19 Å². The lowest BCUT2D eigenvalue weighted by Gasteiger charge is -2.05. The first-order valence-corrected chi connectivity index (χ1v) is 6.90. The number of hydrogen-bond acceptors (Lipinski definition) is 4. The second-order valence-electron chi connectivity index (χ2n) is 3.74. The van der Waals surface area contributed by atoms with E-state index in [-0.39, 0.29) is 0 Å². The van der Waals surface area contributed by atoms with Crippen LogP contribution < -0.4 is 4.72 Å². The van der Waals surface area contributed by atoms with Gasteiger partial charge in [0, 0.05) is 17.6 Å². The van der Waals surface area contributed by atoms with Gasteiger partial charge in [0.05, 0.1) is 4.90 Å². The Morgan fingerprint density at radius 3 is 2.95 bits per heavy atom. The molecule has 3 rings (SSSR count). The van der Waals surface area contributed by atoms with E-state index in [1.807, 2.05) is 6.07 Å². The zero-order chi connectivity index (χ0) is 13.2. The molecule has 0 amide bonds. The smallest absolute Gasteiger partial charge is 0.181 e. The van der Waals surface area contributed by atoms with Crippen molar-refractivity contribution in [3.8, 4) is 0 Å². The van der Waals surface area contributed by atoms with Gasteiger partial charge in [-0.05, 0) is 23.6 Å².